The summed E-state index contributed by atoms with van der Waals surface area (Å²) in [4.78, 5) is 2.41. The van der Waals surface area contributed by atoms with Gasteiger partial charge in [-0.05, 0) is 38.5 Å². The van der Waals surface area contributed by atoms with Gasteiger partial charge in [-0.2, -0.15) is 0 Å². The minimum Gasteiger partial charge on any atom is -0.373 e. The van der Waals surface area contributed by atoms with E-state index in [9.17, 15) is 0 Å². The van der Waals surface area contributed by atoms with Crippen LogP contribution in [-0.2, 0) is 4.74 Å². The molecule has 1 aromatic carbocycles. The van der Waals surface area contributed by atoms with Crippen LogP contribution < -0.4 is 5.73 Å². The lowest BCUT2D eigenvalue weighted by Gasteiger charge is -2.42. The van der Waals surface area contributed by atoms with Crippen LogP contribution in [0.15, 0.2) is 24.3 Å². The molecule has 4 heteroatoms. The van der Waals surface area contributed by atoms with Crippen molar-refractivity contribution < 1.29 is 4.74 Å². The van der Waals surface area contributed by atoms with Gasteiger partial charge < -0.3 is 10.5 Å². The minimum absolute atomic E-state index is 0.0518. The highest BCUT2D eigenvalue weighted by molar-refractivity contribution is 6.30. The highest BCUT2D eigenvalue weighted by Gasteiger charge is 2.30. The van der Waals surface area contributed by atoms with E-state index in [1.165, 1.54) is 5.56 Å². The third-order valence-corrected chi connectivity index (χ3v) is 3.76. The molecule has 0 radical (unpaired) electrons. The topological polar surface area (TPSA) is 38.5 Å². The first-order valence-electron chi connectivity index (χ1n) is 6.88. The van der Waals surface area contributed by atoms with Crippen molar-refractivity contribution in [2.24, 2.45) is 5.73 Å². The van der Waals surface area contributed by atoms with Crippen molar-refractivity contribution >= 4 is 11.6 Å². The lowest BCUT2D eigenvalue weighted by molar-refractivity contribution is -0.0831. The van der Waals surface area contributed by atoms with Gasteiger partial charge in [0.15, 0.2) is 0 Å². The molecule has 0 bridgehead atoms. The normalized spacial score (nSPS) is 28.1. The van der Waals surface area contributed by atoms with Crippen LogP contribution in [0.25, 0.3) is 0 Å². The number of benzene rings is 1. The molecule has 0 amide bonds. The summed E-state index contributed by atoms with van der Waals surface area (Å²) in [6, 6.07) is 8.24. The standard InChI is InChI=1S/C15H23ClN2O/c1-10-8-18(9-11(2)19-10)15(12(3)17)13-5-4-6-14(16)7-13/h4-7,10-12,15H,8-9,17H2,1-3H3. The number of hydrogen-bond donors (Lipinski definition) is 1. The first kappa shape index (κ1) is 14.8. The Morgan fingerprint density at radius 3 is 2.47 bits per heavy atom. The van der Waals surface area contributed by atoms with Crippen molar-refractivity contribution in [1.29, 1.82) is 0 Å². The zero-order chi connectivity index (χ0) is 14.0. The Morgan fingerprint density at radius 2 is 1.95 bits per heavy atom. The van der Waals surface area contributed by atoms with Gasteiger partial charge in [-0.3, -0.25) is 4.90 Å². The smallest absolute Gasteiger partial charge is 0.0678 e. The third-order valence-electron chi connectivity index (χ3n) is 3.53. The molecule has 1 aliphatic rings. The molecular formula is C15H23ClN2O. The van der Waals surface area contributed by atoms with Crippen LogP contribution in [0.5, 0.6) is 0 Å². The monoisotopic (exact) mass is 282 g/mol. The number of rotatable bonds is 3. The fourth-order valence-corrected chi connectivity index (χ4v) is 3.18. The number of ether oxygens (including phenoxy) is 1. The third kappa shape index (κ3) is 3.69. The molecule has 1 heterocycles. The lowest BCUT2D eigenvalue weighted by atomic mass is 9.97. The Bertz CT molecular complexity index is 414. The van der Waals surface area contributed by atoms with Crippen LogP contribution in [0.2, 0.25) is 5.02 Å². The molecule has 1 aromatic rings. The molecule has 0 aliphatic carbocycles. The predicted molar refractivity (Wildman–Crippen MR) is 79.4 cm³/mol. The summed E-state index contributed by atoms with van der Waals surface area (Å²) in [5, 5.41) is 0.762. The van der Waals surface area contributed by atoms with Crippen LogP contribution in [0, 0.1) is 0 Å². The second-order valence-electron chi connectivity index (χ2n) is 5.57. The fourth-order valence-electron chi connectivity index (χ4n) is 2.98. The van der Waals surface area contributed by atoms with E-state index in [4.69, 9.17) is 22.1 Å². The van der Waals surface area contributed by atoms with E-state index in [1.807, 2.05) is 18.2 Å². The van der Waals surface area contributed by atoms with Gasteiger partial charge in [0.2, 0.25) is 0 Å². The van der Waals surface area contributed by atoms with Gasteiger partial charge in [-0.15, -0.1) is 0 Å². The summed E-state index contributed by atoms with van der Waals surface area (Å²) in [5.41, 5.74) is 7.40. The van der Waals surface area contributed by atoms with E-state index < -0.39 is 0 Å². The van der Waals surface area contributed by atoms with Crippen molar-refractivity contribution in [3.8, 4) is 0 Å². The first-order chi connectivity index (χ1) is 8.97. The van der Waals surface area contributed by atoms with Crippen molar-refractivity contribution in [3.05, 3.63) is 34.9 Å². The van der Waals surface area contributed by atoms with Crippen molar-refractivity contribution in [3.63, 3.8) is 0 Å². The number of halogens is 1. The molecule has 4 unspecified atom stereocenters. The van der Waals surface area contributed by atoms with Gasteiger partial charge in [0.05, 0.1) is 12.2 Å². The van der Waals surface area contributed by atoms with E-state index in [2.05, 4.69) is 31.7 Å². The Kier molecular flexibility index (Phi) is 4.85. The maximum Gasteiger partial charge on any atom is 0.0678 e. The quantitative estimate of drug-likeness (QED) is 0.926. The molecule has 0 aromatic heterocycles. The average molecular weight is 283 g/mol. The second-order valence-corrected chi connectivity index (χ2v) is 6.01. The molecule has 106 valence electrons. The minimum atomic E-state index is 0.0518. The number of nitrogens with zero attached hydrogens (tertiary/aromatic N) is 1. The fraction of sp³-hybridized carbons (Fsp3) is 0.600. The molecule has 4 atom stereocenters. The molecule has 19 heavy (non-hydrogen) atoms. The molecule has 0 spiro atoms. The van der Waals surface area contributed by atoms with Crippen molar-refractivity contribution in [2.45, 2.75) is 45.1 Å². The molecular weight excluding hydrogens is 260 g/mol. The van der Waals surface area contributed by atoms with Gasteiger partial charge in [-0.1, -0.05) is 23.7 Å². The molecule has 1 aliphatic heterocycles. The first-order valence-corrected chi connectivity index (χ1v) is 7.25. The second kappa shape index (κ2) is 6.23. The average Bonchev–Trinajstić information content (AvgIpc) is 2.27. The maximum absolute atomic E-state index is 6.21. The van der Waals surface area contributed by atoms with E-state index in [-0.39, 0.29) is 24.3 Å². The molecule has 1 saturated heterocycles. The summed E-state index contributed by atoms with van der Waals surface area (Å²) in [6.45, 7) is 8.08. The van der Waals surface area contributed by atoms with Gasteiger partial charge in [-0.25, -0.2) is 0 Å². The van der Waals surface area contributed by atoms with E-state index in [0.29, 0.717) is 0 Å². The van der Waals surface area contributed by atoms with Crippen molar-refractivity contribution in [2.75, 3.05) is 13.1 Å². The summed E-state index contributed by atoms with van der Waals surface area (Å²) in [7, 11) is 0. The molecule has 2 N–H and O–H groups in total. The Morgan fingerprint density at radius 1 is 1.32 bits per heavy atom. The van der Waals surface area contributed by atoms with E-state index in [0.717, 1.165) is 18.1 Å². The molecule has 2 rings (SSSR count). The highest BCUT2D eigenvalue weighted by Crippen LogP contribution is 2.28. The molecule has 1 fully saturated rings. The van der Waals surface area contributed by atoms with Crippen LogP contribution in [0.4, 0.5) is 0 Å². The van der Waals surface area contributed by atoms with Crippen LogP contribution in [-0.4, -0.2) is 36.2 Å². The van der Waals surface area contributed by atoms with E-state index in [1.54, 1.807) is 0 Å². The summed E-state index contributed by atoms with van der Waals surface area (Å²) in [5.74, 6) is 0. The van der Waals surface area contributed by atoms with E-state index >= 15 is 0 Å². The molecule has 0 saturated carbocycles. The molecule has 3 nitrogen and oxygen atoms in total. The van der Waals surface area contributed by atoms with Crippen LogP contribution in [0.3, 0.4) is 0 Å². The maximum atomic E-state index is 6.21. The van der Waals surface area contributed by atoms with Gasteiger partial charge in [0.25, 0.3) is 0 Å². The van der Waals surface area contributed by atoms with Gasteiger partial charge in [0, 0.05) is 30.2 Å². The highest BCUT2D eigenvalue weighted by atomic mass is 35.5. The van der Waals surface area contributed by atoms with Gasteiger partial charge in [0.1, 0.15) is 0 Å². The summed E-state index contributed by atoms with van der Waals surface area (Å²) >= 11 is 6.11. The SMILES string of the molecule is CC1CN(C(c2cccc(Cl)c2)C(C)N)CC(C)O1. The van der Waals surface area contributed by atoms with Gasteiger partial charge >= 0.3 is 0 Å². The lowest BCUT2D eigenvalue weighted by Crippen LogP contribution is -2.50. The van der Waals surface area contributed by atoms with Crippen molar-refractivity contribution in [1.82, 2.24) is 4.90 Å². The Hall–Kier alpha value is -0.610. The number of hydrogen-bond acceptors (Lipinski definition) is 3. The number of nitrogens with two attached hydrogens (primary N) is 1. The summed E-state index contributed by atoms with van der Waals surface area (Å²) < 4.78 is 5.80. The summed E-state index contributed by atoms with van der Waals surface area (Å²) in [6.07, 6.45) is 0.480. The largest absolute Gasteiger partial charge is 0.373 e. The van der Waals surface area contributed by atoms with Crippen LogP contribution >= 0.6 is 11.6 Å². The Labute approximate surface area is 120 Å². The zero-order valence-electron chi connectivity index (χ0n) is 11.8. The Balaban J connectivity index is 2.25. The zero-order valence-corrected chi connectivity index (χ0v) is 12.6. The number of morpholine rings is 1. The predicted octanol–water partition coefficient (Wildman–Crippen LogP) is 2.84. The van der Waals surface area contributed by atoms with Crippen LogP contribution in [0.1, 0.15) is 32.4 Å².